The normalized spacial score (nSPS) is 13.5. The molecule has 2 N–H and O–H groups in total. The second-order valence-corrected chi connectivity index (χ2v) is 8.35. The minimum atomic E-state index is -0.665. The van der Waals surface area contributed by atoms with Crippen LogP contribution in [0.3, 0.4) is 0 Å². The number of hydrogen-bond donors (Lipinski definition) is 2. The van der Waals surface area contributed by atoms with Crippen LogP contribution >= 0.6 is 34.8 Å². The van der Waals surface area contributed by atoms with Crippen molar-refractivity contribution in [1.29, 1.82) is 0 Å². The lowest BCUT2D eigenvalue weighted by atomic mass is 10.1. The lowest BCUT2D eigenvalue weighted by Gasteiger charge is -2.18. The molecule has 3 aromatic carbocycles. The summed E-state index contributed by atoms with van der Waals surface area (Å²) in [6.07, 6.45) is 0. The van der Waals surface area contributed by atoms with Gasteiger partial charge in [-0.2, -0.15) is 0 Å². The zero-order chi connectivity index (χ0) is 23.7. The Balaban J connectivity index is 1.57. The number of rotatable bonds is 5. The van der Waals surface area contributed by atoms with Gasteiger partial charge >= 0.3 is 0 Å². The fraction of sp³-hybridized carbons (Fsp3) is 0.0417. The number of benzene rings is 3. The molecule has 0 bridgehead atoms. The molecular formula is C24H16Cl3N3O3. The molecule has 0 atom stereocenters. The predicted octanol–water partition coefficient (Wildman–Crippen LogP) is 5.99. The van der Waals surface area contributed by atoms with Gasteiger partial charge in [0, 0.05) is 16.3 Å². The highest BCUT2D eigenvalue weighted by molar-refractivity contribution is 6.53. The monoisotopic (exact) mass is 499 g/mol. The highest BCUT2D eigenvalue weighted by Gasteiger charge is 2.39. The molecule has 0 saturated carbocycles. The molecule has 0 aromatic heterocycles. The second-order valence-electron chi connectivity index (χ2n) is 7.16. The third kappa shape index (κ3) is 4.46. The Bertz CT molecular complexity index is 1340. The maximum absolute atomic E-state index is 13.1. The van der Waals surface area contributed by atoms with Crippen LogP contribution in [0.2, 0.25) is 10.0 Å². The molecule has 1 aliphatic rings. The Morgan fingerprint density at radius 1 is 0.848 bits per heavy atom. The zero-order valence-electron chi connectivity index (χ0n) is 17.2. The highest BCUT2D eigenvalue weighted by Crippen LogP contribution is 2.34. The maximum atomic E-state index is 13.1. The van der Waals surface area contributed by atoms with Crippen LogP contribution in [0.1, 0.15) is 15.9 Å². The number of nitrogens with one attached hydrogen (secondary N) is 2. The summed E-state index contributed by atoms with van der Waals surface area (Å²) < 4.78 is 0. The average molecular weight is 501 g/mol. The van der Waals surface area contributed by atoms with E-state index in [4.69, 9.17) is 34.8 Å². The molecule has 9 heteroatoms. The topological polar surface area (TPSA) is 78.5 Å². The summed E-state index contributed by atoms with van der Waals surface area (Å²) in [5.41, 5.74) is 2.02. The van der Waals surface area contributed by atoms with Gasteiger partial charge in [0.15, 0.2) is 0 Å². The summed E-state index contributed by atoms with van der Waals surface area (Å²) in [4.78, 5) is 39.4. The Morgan fingerprint density at radius 3 is 2.30 bits per heavy atom. The van der Waals surface area contributed by atoms with E-state index in [0.717, 1.165) is 4.90 Å². The molecule has 0 aliphatic carbocycles. The van der Waals surface area contributed by atoms with Gasteiger partial charge in [-0.05, 0) is 55.0 Å². The molecular weight excluding hydrogens is 485 g/mol. The van der Waals surface area contributed by atoms with E-state index in [9.17, 15) is 14.4 Å². The van der Waals surface area contributed by atoms with Gasteiger partial charge in [0.1, 0.15) is 10.7 Å². The van der Waals surface area contributed by atoms with Gasteiger partial charge in [-0.25, -0.2) is 4.90 Å². The molecule has 166 valence electrons. The lowest BCUT2D eigenvalue weighted by molar-refractivity contribution is -0.120. The smallest absolute Gasteiger partial charge is 0.283 e. The first-order chi connectivity index (χ1) is 15.8. The molecule has 6 nitrogen and oxygen atoms in total. The van der Waals surface area contributed by atoms with Crippen molar-refractivity contribution in [2.45, 2.75) is 6.92 Å². The van der Waals surface area contributed by atoms with E-state index in [-0.39, 0.29) is 10.7 Å². The number of halogens is 3. The number of carbonyl (C=O) groups excluding carboxylic acids is 3. The standard InChI is InChI=1S/C24H16Cl3N3O3/c1-13-16(25)9-5-11-19(13)30-23(32)20(27)21(24(30)33)28-15-7-4-6-14(12-15)22(31)29-18-10-3-2-8-17(18)26/h2-12,28H,1H3,(H,29,31). The first kappa shape index (κ1) is 22.9. The molecule has 0 spiro atoms. The lowest BCUT2D eigenvalue weighted by Crippen LogP contribution is -2.32. The molecule has 3 aromatic rings. The average Bonchev–Trinajstić information content (AvgIpc) is 3.00. The van der Waals surface area contributed by atoms with Gasteiger partial charge in [-0.3, -0.25) is 14.4 Å². The molecule has 1 heterocycles. The van der Waals surface area contributed by atoms with Crippen LogP contribution in [0, 0.1) is 6.92 Å². The summed E-state index contributed by atoms with van der Waals surface area (Å²) >= 11 is 18.5. The van der Waals surface area contributed by atoms with Gasteiger partial charge in [0.05, 0.1) is 16.4 Å². The fourth-order valence-electron chi connectivity index (χ4n) is 3.31. The Kier molecular flexibility index (Phi) is 6.42. The van der Waals surface area contributed by atoms with E-state index in [1.54, 1.807) is 67.6 Å². The Labute approximate surface area is 204 Å². The summed E-state index contributed by atoms with van der Waals surface area (Å²) in [5.74, 6) is -1.68. The van der Waals surface area contributed by atoms with Crippen molar-refractivity contribution in [3.05, 3.63) is 98.6 Å². The number of amides is 3. The van der Waals surface area contributed by atoms with E-state index < -0.39 is 17.7 Å². The SMILES string of the molecule is Cc1c(Cl)cccc1N1C(=O)C(Cl)=C(Nc2cccc(C(=O)Nc3ccccc3Cl)c2)C1=O. The van der Waals surface area contributed by atoms with Crippen molar-refractivity contribution in [2.75, 3.05) is 15.5 Å². The van der Waals surface area contributed by atoms with Crippen LogP contribution in [0.5, 0.6) is 0 Å². The number of carbonyl (C=O) groups is 3. The quantitative estimate of drug-likeness (QED) is 0.422. The van der Waals surface area contributed by atoms with E-state index in [2.05, 4.69) is 10.6 Å². The third-order valence-electron chi connectivity index (χ3n) is 5.02. The summed E-state index contributed by atoms with van der Waals surface area (Å²) in [5, 5.41) is 6.17. The molecule has 0 saturated heterocycles. The van der Waals surface area contributed by atoms with Crippen LogP contribution < -0.4 is 15.5 Å². The first-order valence-corrected chi connectivity index (χ1v) is 10.9. The van der Waals surface area contributed by atoms with Gasteiger partial charge in [0.25, 0.3) is 17.7 Å². The molecule has 33 heavy (non-hydrogen) atoms. The molecule has 3 amide bonds. The second kappa shape index (κ2) is 9.27. The molecule has 0 unspecified atom stereocenters. The molecule has 0 fully saturated rings. The number of nitrogens with zero attached hydrogens (tertiary/aromatic N) is 1. The van der Waals surface area contributed by atoms with Crippen molar-refractivity contribution < 1.29 is 14.4 Å². The first-order valence-electron chi connectivity index (χ1n) is 9.74. The van der Waals surface area contributed by atoms with Crippen LogP contribution in [0.15, 0.2) is 77.5 Å². The summed E-state index contributed by atoms with van der Waals surface area (Å²) in [6, 6.07) is 18.2. The highest BCUT2D eigenvalue weighted by atomic mass is 35.5. The molecule has 0 radical (unpaired) electrons. The predicted molar refractivity (Wildman–Crippen MR) is 131 cm³/mol. The fourth-order valence-corrected chi connectivity index (χ4v) is 3.87. The van der Waals surface area contributed by atoms with Gasteiger partial charge in [0.2, 0.25) is 0 Å². The van der Waals surface area contributed by atoms with Gasteiger partial charge < -0.3 is 10.6 Å². The van der Waals surface area contributed by atoms with Crippen LogP contribution in [-0.2, 0) is 9.59 Å². The number of anilines is 3. The van der Waals surface area contributed by atoms with Crippen molar-refractivity contribution in [3.8, 4) is 0 Å². The van der Waals surface area contributed by atoms with Crippen molar-refractivity contribution >= 4 is 69.6 Å². The number of hydrogen-bond acceptors (Lipinski definition) is 4. The number of para-hydroxylation sites is 1. The zero-order valence-corrected chi connectivity index (χ0v) is 19.4. The van der Waals surface area contributed by atoms with E-state index in [1.165, 1.54) is 6.07 Å². The van der Waals surface area contributed by atoms with Crippen molar-refractivity contribution in [1.82, 2.24) is 0 Å². The number of imide groups is 1. The maximum Gasteiger partial charge on any atom is 0.283 e. The van der Waals surface area contributed by atoms with Crippen LogP contribution in [-0.4, -0.2) is 17.7 Å². The van der Waals surface area contributed by atoms with Crippen LogP contribution in [0.4, 0.5) is 17.1 Å². The van der Waals surface area contributed by atoms with Crippen LogP contribution in [0.25, 0.3) is 0 Å². The van der Waals surface area contributed by atoms with E-state index >= 15 is 0 Å². The summed E-state index contributed by atoms with van der Waals surface area (Å²) in [7, 11) is 0. The van der Waals surface area contributed by atoms with Crippen molar-refractivity contribution in [2.24, 2.45) is 0 Å². The third-order valence-corrected chi connectivity index (χ3v) is 6.11. The summed E-state index contributed by atoms with van der Waals surface area (Å²) in [6.45, 7) is 1.71. The van der Waals surface area contributed by atoms with E-state index in [0.29, 0.717) is 38.2 Å². The minimum Gasteiger partial charge on any atom is -0.350 e. The Hall–Kier alpha value is -3.32. The van der Waals surface area contributed by atoms with Crippen molar-refractivity contribution in [3.63, 3.8) is 0 Å². The minimum absolute atomic E-state index is 0.0929. The van der Waals surface area contributed by atoms with Gasteiger partial charge in [-0.15, -0.1) is 0 Å². The van der Waals surface area contributed by atoms with E-state index in [1.807, 2.05) is 0 Å². The molecule has 4 rings (SSSR count). The van der Waals surface area contributed by atoms with Gasteiger partial charge in [-0.1, -0.05) is 59.1 Å². The molecule has 1 aliphatic heterocycles. The largest absolute Gasteiger partial charge is 0.350 e. The Morgan fingerprint density at radius 2 is 1.55 bits per heavy atom.